The fourth-order valence-corrected chi connectivity index (χ4v) is 3.09. The van der Waals surface area contributed by atoms with Gasteiger partial charge < -0.3 is 5.32 Å². The maximum Gasteiger partial charge on any atom is 0.196 e. The third-order valence-electron chi connectivity index (χ3n) is 4.28. The summed E-state index contributed by atoms with van der Waals surface area (Å²) in [4.78, 5) is 25.6. The molecule has 0 saturated heterocycles. The van der Waals surface area contributed by atoms with Gasteiger partial charge in [-0.2, -0.15) is 0 Å². The van der Waals surface area contributed by atoms with Gasteiger partial charge in [-0.15, -0.1) is 0 Å². The molecule has 3 aromatic carbocycles. The Morgan fingerprint density at radius 1 is 0.625 bits per heavy atom. The number of hydrogen-bond donors (Lipinski definition) is 1. The minimum absolute atomic E-state index is 0.0939. The van der Waals surface area contributed by atoms with E-state index < -0.39 is 0 Å². The van der Waals surface area contributed by atoms with Crippen molar-refractivity contribution in [3.05, 3.63) is 101 Å². The molecule has 3 aromatic rings. The first-order chi connectivity index (χ1) is 11.8. The lowest BCUT2D eigenvalue weighted by Gasteiger charge is -2.20. The molecule has 0 aromatic heterocycles. The van der Waals surface area contributed by atoms with Crippen molar-refractivity contribution in [2.75, 3.05) is 5.32 Å². The van der Waals surface area contributed by atoms with Crippen LogP contribution >= 0.6 is 0 Å². The monoisotopic (exact) mass is 313 g/mol. The van der Waals surface area contributed by atoms with Gasteiger partial charge in [0.1, 0.15) is 0 Å². The van der Waals surface area contributed by atoms with Crippen molar-refractivity contribution in [2.45, 2.75) is 6.54 Å². The minimum atomic E-state index is -0.101. The third-order valence-corrected chi connectivity index (χ3v) is 4.28. The Hall–Kier alpha value is -3.20. The molecule has 0 heterocycles. The molecular weight excluding hydrogens is 298 g/mol. The molecular formula is C21H15NO2. The van der Waals surface area contributed by atoms with Crippen LogP contribution in [0, 0.1) is 0 Å². The highest BCUT2D eigenvalue weighted by atomic mass is 16.1. The quantitative estimate of drug-likeness (QED) is 0.620. The number of fused-ring (bicyclic) bond motifs is 2. The van der Waals surface area contributed by atoms with Crippen molar-refractivity contribution in [1.29, 1.82) is 0 Å². The average Bonchev–Trinajstić information content (AvgIpc) is 2.65. The molecule has 0 atom stereocenters. The van der Waals surface area contributed by atoms with E-state index >= 15 is 0 Å². The van der Waals surface area contributed by atoms with Gasteiger partial charge in [0.15, 0.2) is 11.6 Å². The van der Waals surface area contributed by atoms with Crippen LogP contribution in [0.1, 0.15) is 37.4 Å². The summed E-state index contributed by atoms with van der Waals surface area (Å²) in [5.41, 5.74) is 3.71. The van der Waals surface area contributed by atoms with Gasteiger partial charge >= 0.3 is 0 Å². The van der Waals surface area contributed by atoms with Crippen molar-refractivity contribution in [2.24, 2.45) is 0 Å². The van der Waals surface area contributed by atoms with E-state index in [1.807, 2.05) is 42.5 Å². The van der Waals surface area contributed by atoms with Gasteiger partial charge in [-0.25, -0.2) is 0 Å². The predicted molar refractivity (Wildman–Crippen MR) is 93.5 cm³/mol. The Kier molecular flexibility index (Phi) is 3.47. The van der Waals surface area contributed by atoms with E-state index in [2.05, 4.69) is 5.32 Å². The molecule has 0 unspecified atom stereocenters. The summed E-state index contributed by atoms with van der Waals surface area (Å²) in [6.07, 6.45) is 0. The Labute approximate surface area is 140 Å². The maximum absolute atomic E-state index is 12.9. The number of ketones is 2. The molecule has 4 rings (SSSR count). The van der Waals surface area contributed by atoms with Crippen molar-refractivity contribution in [3.8, 4) is 0 Å². The van der Waals surface area contributed by atoms with E-state index in [1.54, 1.807) is 30.3 Å². The van der Waals surface area contributed by atoms with Crippen LogP contribution in [0.4, 0.5) is 5.69 Å². The van der Waals surface area contributed by atoms with E-state index in [1.165, 1.54) is 0 Å². The number of carbonyl (C=O) groups is 2. The molecule has 116 valence electrons. The number of rotatable bonds is 3. The number of carbonyl (C=O) groups excluding carboxylic acids is 2. The van der Waals surface area contributed by atoms with Crippen LogP contribution in [0.15, 0.2) is 72.8 Å². The Morgan fingerprint density at radius 3 is 2.00 bits per heavy atom. The van der Waals surface area contributed by atoms with Crippen LogP contribution in [0.3, 0.4) is 0 Å². The van der Waals surface area contributed by atoms with Crippen molar-refractivity contribution >= 4 is 17.3 Å². The zero-order chi connectivity index (χ0) is 16.5. The summed E-state index contributed by atoms with van der Waals surface area (Å²) in [5.74, 6) is -0.195. The van der Waals surface area contributed by atoms with Crippen molar-refractivity contribution < 1.29 is 9.59 Å². The van der Waals surface area contributed by atoms with Crippen molar-refractivity contribution in [1.82, 2.24) is 0 Å². The van der Waals surface area contributed by atoms with Gasteiger partial charge in [-0.1, -0.05) is 66.7 Å². The molecule has 3 nitrogen and oxygen atoms in total. The second kappa shape index (κ2) is 5.78. The minimum Gasteiger partial charge on any atom is -0.380 e. The second-order valence-corrected chi connectivity index (χ2v) is 5.77. The first-order valence-electron chi connectivity index (χ1n) is 7.85. The van der Waals surface area contributed by atoms with Gasteiger partial charge in [0.25, 0.3) is 0 Å². The normalized spacial score (nSPS) is 12.5. The van der Waals surface area contributed by atoms with Crippen LogP contribution in [0.2, 0.25) is 0 Å². The third kappa shape index (κ3) is 2.31. The first kappa shape index (κ1) is 14.4. The molecule has 1 N–H and O–H groups in total. The highest BCUT2D eigenvalue weighted by Gasteiger charge is 2.31. The van der Waals surface area contributed by atoms with Gasteiger partial charge in [0.05, 0.1) is 5.56 Å². The highest BCUT2D eigenvalue weighted by Crippen LogP contribution is 2.32. The lowest BCUT2D eigenvalue weighted by molar-refractivity contribution is 0.0979. The van der Waals surface area contributed by atoms with Gasteiger partial charge in [0, 0.05) is 28.9 Å². The standard InChI is InChI=1S/C21H15NO2/c23-20-15-9-4-5-10-16(15)21(24)19-17(20)11-6-12-18(19)22-13-14-7-2-1-3-8-14/h1-12,22H,13H2. The summed E-state index contributed by atoms with van der Waals surface area (Å²) in [5, 5.41) is 3.30. The molecule has 0 fully saturated rings. The van der Waals surface area contributed by atoms with Crippen LogP contribution in [-0.2, 0) is 6.54 Å². The zero-order valence-corrected chi connectivity index (χ0v) is 13.0. The van der Waals surface area contributed by atoms with Crippen LogP contribution < -0.4 is 5.32 Å². The summed E-state index contributed by atoms with van der Waals surface area (Å²) in [6.45, 7) is 0.598. The summed E-state index contributed by atoms with van der Waals surface area (Å²) < 4.78 is 0. The molecule has 1 aliphatic carbocycles. The molecule has 1 aliphatic rings. The van der Waals surface area contributed by atoms with Gasteiger partial charge in [-0.3, -0.25) is 9.59 Å². The van der Waals surface area contributed by atoms with Crippen molar-refractivity contribution in [3.63, 3.8) is 0 Å². The van der Waals surface area contributed by atoms with E-state index in [0.29, 0.717) is 34.5 Å². The topological polar surface area (TPSA) is 46.2 Å². The molecule has 0 bridgehead atoms. The number of nitrogens with one attached hydrogen (secondary N) is 1. The molecule has 0 aliphatic heterocycles. The number of anilines is 1. The lowest BCUT2D eigenvalue weighted by Crippen LogP contribution is -2.22. The number of benzene rings is 3. The van der Waals surface area contributed by atoms with E-state index in [4.69, 9.17) is 0 Å². The summed E-state index contributed by atoms with van der Waals surface area (Å²) in [7, 11) is 0. The molecule has 0 saturated carbocycles. The SMILES string of the molecule is O=C1c2ccccc2C(=O)c2c(NCc3ccccc3)cccc21. The largest absolute Gasteiger partial charge is 0.380 e. The molecule has 0 radical (unpaired) electrons. The lowest BCUT2D eigenvalue weighted by atomic mass is 9.83. The van der Waals surface area contributed by atoms with E-state index in [0.717, 1.165) is 5.56 Å². The fraction of sp³-hybridized carbons (Fsp3) is 0.0476. The van der Waals surface area contributed by atoms with Crippen LogP contribution in [-0.4, -0.2) is 11.6 Å². The van der Waals surface area contributed by atoms with E-state index in [-0.39, 0.29) is 11.6 Å². The van der Waals surface area contributed by atoms with Gasteiger partial charge in [-0.05, 0) is 11.6 Å². The second-order valence-electron chi connectivity index (χ2n) is 5.77. The molecule has 0 amide bonds. The zero-order valence-electron chi connectivity index (χ0n) is 13.0. The number of hydrogen-bond acceptors (Lipinski definition) is 3. The molecule has 0 spiro atoms. The Morgan fingerprint density at radius 2 is 1.25 bits per heavy atom. The van der Waals surface area contributed by atoms with Gasteiger partial charge in [0.2, 0.25) is 0 Å². The van der Waals surface area contributed by atoms with E-state index in [9.17, 15) is 9.59 Å². The first-order valence-corrected chi connectivity index (χ1v) is 7.85. The summed E-state index contributed by atoms with van der Waals surface area (Å²) in [6, 6.07) is 22.3. The van der Waals surface area contributed by atoms with Crippen LogP contribution in [0.5, 0.6) is 0 Å². The maximum atomic E-state index is 12.9. The summed E-state index contributed by atoms with van der Waals surface area (Å²) >= 11 is 0. The molecule has 24 heavy (non-hydrogen) atoms. The smallest absolute Gasteiger partial charge is 0.196 e. The predicted octanol–water partition coefficient (Wildman–Crippen LogP) is 4.07. The Balaban J connectivity index is 1.74. The molecule has 3 heteroatoms. The Bertz CT molecular complexity index is 945. The average molecular weight is 313 g/mol. The highest BCUT2D eigenvalue weighted by molar-refractivity contribution is 6.30. The fourth-order valence-electron chi connectivity index (χ4n) is 3.09. The van der Waals surface area contributed by atoms with Crippen LogP contribution in [0.25, 0.3) is 0 Å².